The van der Waals surface area contributed by atoms with Crippen LogP contribution in [0.4, 0.5) is 0 Å². The lowest BCUT2D eigenvalue weighted by Gasteiger charge is -2.18. The first-order valence-corrected chi connectivity index (χ1v) is 35.0. The van der Waals surface area contributed by atoms with Crippen molar-refractivity contribution in [1.82, 2.24) is 0 Å². The monoisotopic (exact) mass is 1100 g/mol. The van der Waals surface area contributed by atoms with E-state index in [1.54, 1.807) is 0 Å². The number of ether oxygens (including phenoxy) is 3. The van der Waals surface area contributed by atoms with E-state index in [0.29, 0.717) is 19.3 Å². The van der Waals surface area contributed by atoms with Gasteiger partial charge in [0.05, 0.1) is 0 Å². The predicted molar refractivity (Wildman–Crippen MR) is 339 cm³/mol. The molecule has 0 heterocycles. The van der Waals surface area contributed by atoms with Gasteiger partial charge in [0, 0.05) is 19.3 Å². The number of unbranched alkanes of at least 4 members (excludes halogenated alkanes) is 48. The van der Waals surface area contributed by atoms with E-state index < -0.39 is 6.10 Å². The van der Waals surface area contributed by atoms with Gasteiger partial charge in [-0.15, -0.1) is 0 Å². The molecule has 78 heavy (non-hydrogen) atoms. The van der Waals surface area contributed by atoms with Crippen LogP contribution in [0.15, 0.2) is 36.5 Å². The van der Waals surface area contributed by atoms with Gasteiger partial charge in [-0.1, -0.05) is 346 Å². The molecule has 1 unspecified atom stereocenters. The van der Waals surface area contributed by atoms with Crippen molar-refractivity contribution >= 4 is 17.9 Å². The summed E-state index contributed by atoms with van der Waals surface area (Å²) >= 11 is 0. The number of carbonyl (C=O) groups is 3. The summed E-state index contributed by atoms with van der Waals surface area (Å²) in [4.78, 5) is 38.1. The second-order valence-corrected chi connectivity index (χ2v) is 23.8. The molecule has 0 aromatic rings. The molecule has 0 saturated carbocycles. The quantitative estimate of drug-likeness (QED) is 0.0261. The summed E-state index contributed by atoms with van der Waals surface area (Å²) in [5.74, 6) is -0.861. The molecule has 0 aliphatic heterocycles. The van der Waals surface area contributed by atoms with E-state index >= 15 is 0 Å². The molecule has 0 spiro atoms. The minimum absolute atomic E-state index is 0.0705. The predicted octanol–water partition coefficient (Wildman–Crippen LogP) is 23.9. The lowest BCUT2D eigenvalue weighted by atomic mass is 10.0. The van der Waals surface area contributed by atoms with Gasteiger partial charge in [0.1, 0.15) is 13.2 Å². The van der Waals surface area contributed by atoms with Crippen molar-refractivity contribution in [3.63, 3.8) is 0 Å². The van der Waals surface area contributed by atoms with Crippen LogP contribution in [0, 0.1) is 0 Å². The first-order valence-electron chi connectivity index (χ1n) is 35.0. The number of rotatable bonds is 65. The Hall–Kier alpha value is -2.37. The van der Waals surface area contributed by atoms with Gasteiger partial charge < -0.3 is 14.2 Å². The van der Waals surface area contributed by atoms with Crippen LogP contribution in [0.25, 0.3) is 0 Å². The highest BCUT2D eigenvalue weighted by molar-refractivity contribution is 5.71. The summed E-state index contributed by atoms with van der Waals surface area (Å²) in [6.45, 7) is 6.64. The van der Waals surface area contributed by atoms with Gasteiger partial charge in [-0.3, -0.25) is 14.4 Å². The van der Waals surface area contributed by atoms with Crippen LogP contribution in [-0.2, 0) is 28.6 Å². The van der Waals surface area contributed by atoms with Gasteiger partial charge in [-0.2, -0.15) is 0 Å². The average molecular weight is 1100 g/mol. The minimum atomic E-state index is -0.772. The van der Waals surface area contributed by atoms with Gasteiger partial charge in [-0.05, 0) is 57.8 Å². The van der Waals surface area contributed by atoms with E-state index in [4.69, 9.17) is 14.2 Å². The molecule has 6 heteroatoms. The van der Waals surface area contributed by atoms with Crippen molar-refractivity contribution in [3.05, 3.63) is 36.5 Å². The largest absolute Gasteiger partial charge is 0.462 e. The fourth-order valence-electron chi connectivity index (χ4n) is 10.6. The van der Waals surface area contributed by atoms with Crippen LogP contribution >= 0.6 is 0 Å². The Morgan fingerprint density at radius 1 is 0.256 bits per heavy atom. The summed E-state index contributed by atoms with van der Waals surface area (Å²) in [6, 6.07) is 0. The first kappa shape index (κ1) is 75.6. The average Bonchev–Trinajstić information content (AvgIpc) is 3.44. The molecule has 0 amide bonds. The molecule has 0 aliphatic carbocycles. The van der Waals surface area contributed by atoms with Crippen molar-refractivity contribution in [2.75, 3.05) is 13.2 Å². The van der Waals surface area contributed by atoms with Crippen molar-refractivity contribution in [1.29, 1.82) is 0 Å². The molecule has 0 radical (unpaired) electrons. The lowest BCUT2D eigenvalue weighted by Crippen LogP contribution is -2.30. The Labute approximate surface area is 486 Å². The maximum Gasteiger partial charge on any atom is 0.306 e. The fraction of sp³-hybridized carbons (Fsp3) is 0.875. The van der Waals surface area contributed by atoms with Crippen LogP contribution < -0.4 is 0 Å². The number of esters is 3. The molecular formula is C72H134O6. The van der Waals surface area contributed by atoms with E-state index in [1.807, 2.05) is 0 Å². The van der Waals surface area contributed by atoms with Crippen LogP contribution in [-0.4, -0.2) is 37.2 Å². The highest BCUT2D eigenvalue weighted by Crippen LogP contribution is 2.19. The highest BCUT2D eigenvalue weighted by Gasteiger charge is 2.19. The maximum atomic E-state index is 12.9. The molecule has 0 saturated heterocycles. The van der Waals surface area contributed by atoms with Gasteiger partial charge in [0.15, 0.2) is 6.10 Å². The lowest BCUT2D eigenvalue weighted by molar-refractivity contribution is -0.167. The van der Waals surface area contributed by atoms with E-state index in [0.717, 1.165) is 77.0 Å². The van der Waals surface area contributed by atoms with E-state index in [2.05, 4.69) is 57.2 Å². The highest BCUT2D eigenvalue weighted by atomic mass is 16.6. The fourth-order valence-corrected chi connectivity index (χ4v) is 10.6. The number of hydrogen-bond acceptors (Lipinski definition) is 6. The molecule has 1 atom stereocenters. The van der Waals surface area contributed by atoms with Crippen molar-refractivity contribution in [2.45, 2.75) is 393 Å². The van der Waals surface area contributed by atoms with Crippen LogP contribution in [0.5, 0.6) is 0 Å². The van der Waals surface area contributed by atoms with E-state index in [-0.39, 0.29) is 31.1 Å². The Bertz CT molecular complexity index is 1300. The molecule has 458 valence electrons. The van der Waals surface area contributed by atoms with Crippen molar-refractivity contribution in [2.24, 2.45) is 0 Å². The normalized spacial score (nSPS) is 12.2. The Morgan fingerprint density at radius 2 is 0.462 bits per heavy atom. The summed E-state index contributed by atoms with van der Waals surface area (Å²) in [5.41, 5.74) is 0. The molecule has 0 aromatic carbocycles. The second kappa shape index (κ2) is 67.1. The van der Waals surface area contributed by atoms with Crippen molar-refractivity contribution in [3.8, 4) is 0 Å². The molecule has 0 aromatic heterocycles. The number of allylic oxidation sites excluding steroid dienone is 6. The molecule has 0 fully saturated rings. The van der Waals surface area contributed by atoms with Gasteiger partial charge in [-0.25, -0.2) is 0 Å². The molecular weight excluding hydrogens is 961 g/mol. The topological polar surface area (TPSA) is 78.9 Å². The summed E-state index contributed by atoms with van der Waals surface area (Å²) in [7, 11) is 0. The second-order valence-electron chi connectivity index (χ2n) is 23.8. The molecule has 6 nitrogen and oxygen atoms in total. The van der Waals surface area contributed by atoms with E-state index in [9.17, 15) is 14.4 Å². The third kappa shape index (κ3) is 64.5. The summed E-state index contributed by atoms with van der Waals surface area (Å²) in [6.07, 6.45) is 83.5. The van der Waals surface area contributed by atoms with Crippen LogP contribution in [0.3, 0.4) is 0 Å². The molecule has 0 aliphatic rings. The Kier molecular flexibility index (Phi) is 65.1. The SMILES string of the molecule is CCCCCCC/C=C\C/C=C\C/C=C\CCCCCCCCCCC(=O)OC(COC(=O)CCCCCCCCC)COC(=O)CCCCCCCCCCCCCCCCCCCCCCCCCCCCCCCC. The Morgan fingerprint density at radius 3 is 0.718 bits per heavy atom. The maximum absolute atomic E-state index is 12.9. The van der Waals surface area contributed by atoms with Gasteiger partial charge >= 0.3 is 17.9 Å². The zero-order valence-corrected chi connectivity index (χ0v) is 52.7. The summed E-state index contributed by atoms with van der Waals surface area (Å²) in [5, 5.41) is 0. The standard InChI is InChI=1S/C72H134O6/c1-4-7-10-13-16-18-20-22-24-26-28-30-32-33-34-35-36-37-38-40-41-43-45-47-49-51-53-56-59-62-65-71(74)77-68-69(67-76-70(73)64-61-58-55-15-12-9-6-3)78-72(75)66-63-60-57-54-52-50-48-46-44-42-39-31-29-27-25-23-21-19-17-14-11-8-5-2/h21,23,27,29,39,42,69H,4-20,22,24-26,28,30-38,40-41,43-68H2,1-3H3/b23-21-,29-27-,42-39-. The van der Waals surface area contributed by atoms with Crippen LogP contribution in [0.1, 0.15) is 387 Å². The summed E-state index contributed by atoms with van der Waals surface area (Å²) < 4.78 is 16.9. The van der Waals surface area contributed by atoms with Gasteiger partial charge in [0.25, 0.3) is 0 Å². The number of hydrogen-bond donors (Lipinski definition) is 0. The zero-order valence-electron chi connectivity index (χ0n) is 52.7. The molecule has 0 N–H and O–H groups in total. The molecule has 0 bridgehead atoms. The molecule has 0 rings (SSSR count). The van der Waals surface area contributed by atoms with Gasteiger partial charge in [0.2, 0.25) is 0 Å². The van der Waals surface area contributed by atoms with Crippen LogP contribution in [0.2, 0.25) is 0 Å². The zero-order chi connectivity index (χ0) is 56.4. The van der Waals surface area contributed by atoms with E-state index in [1.165, 1.54) is 270 Å². The third-order valence-corrected chi connectivity index (χ3v) is 15.9. The van der Waals surface area contributed by atoms with Crippen molar-refractivity contribution < 1.29 is 28.6 Å². The smallest absolute Gasteiger partial charge is 0.306 e. The Balaban J connectivity index is 4.02. The number of carbonyl (C=O) groups excluding carboxylic acids is 3. The minimum Gasteiger partial charge on any atom is -0.462 e. The third-order valence-electron chi connectivity index (χ3n) is 15.9. The first-order chi connectivity index (χ1) is 38.5.